The van der Waals surface area contributed by atoms with Crippen molar-refractivity contribution >= 4 is 17.7 Å². The number of benzene rings is 1. The molecule has 0 atom stereocenters. The summed E-state index contributed by atoms with van der Waals surface area (Å²) in [6.45, 7) is 0. The minimum absolute atomic E-state index is 0.351. The van der Waals surface area contributed by atoms with E-state index in [0.717, 1.165) is 4.90 Å². The number of nitrogens with zero attached hydrogens (tertiary/aromatic N) is 1. The summed E-state index contributed by atoms with van der Waals surface area (Å²) in [5.74, 6) is -0.466. The molecule has 72 valence electrons. The fraction of sp³-hybridized carbons (Fsp3) is 0.200. The largest absolute Gasteiger partial charge is 0.465 e. The Bertz CT molecular complexity index is 396. The van der Waals surface area contributed by atoms with Gasteiger partial charge in [-0.15, -0.1) is 11.8 Å². The summed E-state index contributed by atoms with van der Waals surface area (Å²) in [5.41, 5.74) is 0.703. The topological polar surface area (TPSA) is 50.1 Å². The maximum atomic E-state index is 11.4. The van der Waals surface area contributed by atoms with E-state index in [1.807, 2.05) is 12.3 Å². The molecule has 0 aromatic heterocycles. The Kier molecular flexibility index (Phi) is 3.55. The van der Waals surface area contributed by atoms with E-state index in [-0.39, 0.29) is 0 Å². The van der Waals surface area contributed by atoms with Gasteiger partial charge < -0.3 is 4.74 Å². The molecule has 14 heavy (non-hydrogen) atoms. The average molecular weight is 207 g/mol. The van der Waals surface area contributed by atoms with Gasteiger partial charge in [0.25, 0.3) is 0 Å². The van der Waals surface area contributed by atoms with Crippen LogP contribution in [0.2, 0.25) is 0 Å². The highest BCUT2D eigenvalue weighted by molar-refractivity contribution is 7.98. The van der Waals surface area contributed by atoms with Crippen LogP contribution in [-0.2, 0) is 4.74 Å². The number of esters is 1. The first-order valence-electron chi connectivity index (χ1n) is 3.90. The van der Waals surface area contributed by atoms with Gasteiger partial charge in [-0.05, 0) is 18.4 Å². The number of hydrogen-bond donors (Lipinski definition) is 0. The van der Waals surface area contributed by atoms with Crippen LogP contribution in [-0.4, -0.2) is 19.3 Å². The van der Waals surface area contributed by atoms with Crippen LogP contribution in [0.5, 0.6) is 0 Å². The lowest BCUT2D eigenvalue weighted by molar-refractivity contribution is 0.0596. The zero-order valence-corrected chi connectivity index (χ0v) is 8.72. The van der Waals surface area contributed by atoms with E-state index < -0.39 is 5.97 Å². The van der Waals surface area contributed by atoms with Crippen molar-refractivity contribution in [3.05, 3.63) is 29.3 Å². The van der Waals surface area contributed by atoms with Crippen LogP contribution in [0.1, 0.15) is 15.9 Å². The first kappa shape index (κ1) is 10.6. The van der Waals surface area contributed by atoms with E-state index in [0.29, 0.717) is 11.1 Å². The number of ether oxygens (including phenoxy) is 1. The normalized spacial score (nSPS) is 9.21. The van der Waals surface area contributed by atoms with Crippen molar-refractivity contribution < 1.29 is 9.53 Å². The Labute approximate surface area is 86.7 Å². The van der Waals surface area contributed by atoms with E-state index in [4.69, 9.17) is 5.26 Å². The average Bonchev–Trinajstić information content (AvgIpc) is 2.26. The van der Waals surface area contributed by atoms with Crippen molar-refractivity contribution in [2.24, 2.45) is 0 Å². The molecule has 0 N–H and O–H groups in total. The summed E-state index contributed by atoms with van der Waals surface area (Å²) in [5, 5.41) is 8.82. The van der Waals surface area contributed by atoms with Crippen molar-refractivity contribution in [3.8, 4) is 6.07 Å². The van der Waals surface area contributed by atoms with E-state index in [9.17, 15) is 4.79 Å². The summed E-state index contributed by atoms with van der Waals surface area (Å²) < 4.78 is 4.62. The predicted molar refractivity (Wildman–Crippen MR) is 54.3 cm³/mol. The number of methoxy groups -OCH3 is 1. The molecule has 1 aromatic rings. The van der Waals surface area contributed by atoms with E-state index in [1.54, 1.807) is 18.2 Å². The minimum atomic E-state index is -0.466. The first-order chi connectivity index (χ1) is 6.74. The van der Waals surface area contributed by atoms with Gasteiger partial charge in [-0.1, -0.05) is 6.07 Å². The highest BCUT2D eigenvalue weighted by Gasteiger charge is 2.15. The minimum Gasteiger partial charge on any atom is -0.465 e. The van der Waals surface area contributed by atoms with Crippen LogP contribution in [0.3, 0.4) is 0 Å². The highest BCUT2D eigenvalue weighted by atomic mass is 32.2. The van der Waals surface area contributed by atoms with Crippen molar-refractivity contribution in [2.75, 3.05) is 13.4 Å². The van der Waals surface area contributed by atoms with Crippen LogP contribution in [0.25, 0.3) is 0 Å². The van der Waals surface area contributed by atoms with Gasteiger partial charge in [-0.3, -0.25) is 0 Å². The molecule has 0 aliphatic rings. The molecule has 3 nitrogen and oxygen atoms in total. The Hall–Kier alpha value is -1.47. The molecular weight excluding hydrogens is 198 g/mol. The third-order valence-corrected chi connectivity index (χ3v) is 2.54. The molecule has 0 saturated carbocycles. The van der Waals surface area contributed by atoms with Gasteiger partial charge >= 0.3 is 5.97 Å². The van der Waals surface area contributed by atoms with Crippen LogP contribution >= 0.6 is 11.8 Å². The predicted octanol–water partition coefficient (Wildman–Crippen LogP) is 2.07. The quantitative estimate of drug-likeness (QED) is 0.550. The molecule has 4 heteroatoms. The van der Waals surface area contributed by atoms with Crippen molar-refractivity contribution in [2.45, 2.75) is 4.90 Å². The van der Waals surface area contributed by atoms with Crippen molar-refractivity contribution in [1.82, 2.24) is 0 Å². The molecule has 1 rings (SSSR count). The summed E-state index contributed by atoms with van der Waals surface area (Å²) in [6.07, 6.45) is 1.85. The smallest absolute Gasteiger partial charge is 0.340 e. The van der Waals surface area contributed by atoms with Crippen LogP contribution in [0.15, 0.2) is 23.1 Å². The third kappa shape index (κ3) is 1.88. The van der Waals surface area contributed by atoms with Gasteiger partial charge in [0.2, 0.25) is 0 Å². The van der Waals surface area contributed by atoms with Crippen LogP contribution in [0.4, 0.5) is 0 Å². The number of rotatable bonds is 2. The van der Waals surface area contributed by atoms with Crippen molar-refractivity contribution in [1.29, 1.82) is 5.26 Å². The van der Waals surface area contributed by atoms with E-state index in [2.05, 4.69) is 4.74 Å². The lowest BCUT2D eigenvalue weighted by atomic mass is 10.1. The van der Waals surface area contributed by atoms with Gasteiger partial charge in [0.05, 0.1) is 18.2 Å². The van der Waals surface area contributed by atoms with Crippen LogP contribution in [0, 0.1) is 11.3 Å². The molecule has 0 spiro atoms. The molecular formula is C10H9NO2S. The Morgan fingerprint density at radius 3 is 2.79 bits per heavy atom. The fourth-order valence-corrected chi connectivity index (χ4v) is 1.72. The Morgan fingerprint density at radius 2 is 2.29 bits per heavy atom. The highest BCUT2D eigenvalue weighted by Crippen LogP contribution is 2.23. The summed E-state index contributed by atoms with van der Waals surface area (Å²) in [7, 11) is 1.31. The van der Waals surface area contributed by atoms with Gasteiger partial charge in [-0.2, -0.15) is 5.26 Å². The molecule has 0 unspecified atom stereocenters. The SMILES string of the molecule is COC(=O)c1c(C#N)cccc1SC. The summed E-state index contributed by atoms with van der Waals surface area (Å²) in [4.78, 5) is 12.1. The zero-order chi connectivity index (χ0) is 10.6. The summed E-state index contributed by atoms with van der Waals surface area (Å²) >= 11 is 1.42. The Morgan fingerprint density at radius 1 is 1.57 bits per heavy atom. The fourth-order valence-electron chi connectivity index (χ4n) is 1.11. The van der Waals surface area contributed by atoms with Gasteiger partial charge in [0.1, 0.15) is 6.07 Å². The third-order valence-electron chi connectivity index (χ3n) is 1.76. The molecule has 0 amide bonds. The molecule has 0 bridgehead atoms. The number of nitriles is 1. The summed E-state index contributed by atoms with van der Waals surface area (Å²) in [6, 6.07) is 7.11. The standard InChI is InChI=1S/C10H9NO2S/c1-13-10(12)9-7(6-11)4-3-5-8(9)14-2/h3-5H,1-2H3. The molecule has 1 aromatic carbocycles. The van der Waals surface area contributed by atoms with Gasteiger partial charge in [0.15, 0.2) is 0 Å². The van der Waals surface area contributed by atoms with Gasteiger partial charge in [0, 0.05) is 4.90 Å². The number of hydrogen-bond acceptors (Lipinski definition) is 4. The number of thioether (sulfide) groups is 1. The second-order valence-electron chi connectivity index (χ2n) is 2.49. The molecule has 0 aliphatic carbocycles. The second kappa shape index (κ2) is 4.68. The van der Waals surface area contributed by atoms with Gasteiger partial charge in [-0.25, -0.2) is 4.79 Å². The Balaban J connectivity index is 3.35. The van der Waals surface area contributed by atoms with E-state index in [1.165, 1.54) is 18.9 Å². The molecule has 0 saturated heterocycles. The van der Waals surface area contributed by atoms with E-state index >= 15 is 0 Å². The molecule has 0 aliphatic heterocycles. The first-order valence-corrected chi connectivity index (χ1v) is 5.12. The number of carbonyl (C=O) groups excluding carboxylic acids is 1. The molecule has 0 fully saturated rings. The zero-order valence-electron chi connectivity index (χ0n) is 7.90. The number of carbonyl (C=O) groups is 1. The maximum Gasteiger partial charge on any atom is 0.340 e. The monoisotopic (exact) mass is 207 g/mol. The lowest BCUT2D eigenvalue weighted by Crippen LogP contribution is -2.05. The molecule has 0 radical (unpaired) electrons. The van der Waals surface area contributed by atoms with Crippen LogP contribution < -0.4 is 0 Å². The molecule has 0 heterocycles. The maximum absolute atomic E-state index is 11.4. The van der Waals surface area contributed by atoms with Crippen molar-refractivity contribution in [3.63, 3.8) is 0 Å². The second-order valence-corrected chi connectivity index (χ2v) is 3.33. The lowest BCUT2D eigenvalue weighted by Gasteiger charge is -2.06.